The molecule has 0 amide bonds. The smallest absolute Gasteiger partial charge is 0.325 e. The largest absolute Gasteiger partial charge is 0.468 e. The minimum atomic E-state index is -3.76. The van der Waals surface area contributed by atoms with Gasteiger partial charge in [-0.1, -0.05) is 0 Å². The van der Waals surface area contributed by atoms with Crippen molar-refractivity contribution in [1.82, 2.24) is 4.31 Å². The predicted octanol–water partition coefficient (Wildman–Crippen LogP) is 0.112. The van der Waals surface area contributed by atoms with Crippen molar-refractivity contribution in [1.29, 1.82) is 5.26 Å². The Balaban J connectivity index is 4.93. The average Bonchev–Trinajstić information content (AvgIpc) is 2.25. The molecule has 0 radical (unpaired) electrons. The lowest BCUT2D eigenvalue weighted by Crippen LogP contribution is -2.43. The molecule has 0 aliphatic rings. The maximum Gasteiger partial charge on any atom is 0.325 e. The zero-order valence-corrected chi connectivity index (χ0v) is 10.6. The Labute approximate surface area is 95.8 Å². The molecule has 92 valence electrons. The monoisotopic (exact) mass is 248 g/mol. The standard InChI is InChI=1S/C9H16N2O4S/c1-7(5-6-10)11(3)16(13,14)8(2)9(12)15-4/h7-8H,5H2,1-4H3. The fraction of sp³-hybridized carbons (Fsp3) is 0.778. The van der Waals surface area contributed by atoms with E-state index in [0.29, 0.717) is 0 Å². The minimum absolute atomic E-state index is 0.0730. The third-order valence-corrected chi connectivity index (χ3v) is 4.64. The highest BCUT2D eigenvalue weighted by Crippen LogP contribution is 2.13. The zero-order chi connectivity index (χ0) is 12.9. The maximum atomic E-state index is 11.9. The van der Waals surface area contributed by atoms with Gasteiger partial charge in [0.25, 0.3) is 0 Å². The molecule has 0 spiro atoms. The highest BCUT2D eigenvalue weighted by molar-refractivity contribution is 7.90. The van der Waals surface area contributed by atoms with Gasteiger partial charge in [0.2, 0.25) is 10.0 Å². The van der Waals surface area contributed by atoms with Gasteiger partial charge < -0.3 is 4.74 Å². The molecule has 0 aliphatic heterocycles. The second kappa shape index (κ2) is 5.82. The second-order valence-electron chi connectivity index (χ2n) is 3.44. The highest BCUT2D eigenvalue weighted by atomic mass is 32.2. The van der Waals surface area contributed by atoms with Crippen LogP contribution in [0.15, 0.2) is 0 Å². The van der Waals surface area contributed by atoms with Crippen LogP contribution in [-0.2, 0) is 19.6 Å². The normalized spacial score (nSPS) is 15.2. The number of nitrogens with zero attached hydrogens (tertiary/aromatic N) is 2. The van der Waals surface area contributed by atoms with Crippen molar-refractivity contribution in [3.63, 3.8) is 0 Å². The average molecular weight is 248 g/mol. The van der Waals surface area contributed by atoms with Gasteiger partial charge >= 0.3 is 5.97 Å². The topological polar surface area (TPSA) is 87.5 Å². The number of nitriles is 1. The number of sulfonamides is 1. The van der Waals surface area contributed by atoms with Gasteiger partial charge in [-0.05, 0) is 13.8 Å². The van der Waals surface area contributed by atoms with Crippen LogP contribution >= 0.6 is 0 Å². The third-order valence-electron chi connectivity index (χ3n) is 2.39. The molecule has 0 saturated heterocycles. The van der Waals surface area contributed by atoms with Crippen molar-refractivity contribution in [3.05, 3.63) is 0 Å². The first kappa shape index (κ1) is 14.9. The Morgan fingerprint density at radius 2 is 2.00 bits per heavy atom. The summed E-state index contributed by atoms with van der Waals surface area (Å²) in [5.74, 6) is -0.809. The SMILES string of the molecule is COC(=O)C(C)S(=O)(=O)N(C)C(C)CC#N. The summed E-state index contributed by atoms with van der Waals surface area (Å²) < 4.78 is 29.1. The highest BCUT2D eigenvalue weighted by Gasteiger charge is 2.34. The Kier molecular flexibility index (Phi) is 5.41. The van der Waals surface area contributed by atoms with Crippen LogP contribution in [0.25, 0.3) is 0 Å². The Bertz CT molecular complexity index is 385. The lowest BCUT2D eigenvalue weighted by molar-refractivity contribution is -0.139. The minimum Gasteiger partial charge on any atom is -0.468 e. The van der Waals surface area contributed by atoms with Crippen molar-refractivity contribution in [2.75, 3.05) is 14.2 Å². The van der Waals surface area contributed by atoms with E-state index in [-0.39, 0.29) is 6.42 Å². The first-order valence-corrected chi connectivity index (χ1v) is 6.21. The summed E-state index contributed by atoms with van der Waals surface area (Å²) in [5, 5.41) is 7.22. The number of hydrogen-bond acceptors (Lipinski definition) is 5. The summed E-state index contributed by atoms with van der Waals surface area (Å²) in [5.41, 5.74) is 0. The molecule has 0 bridgehead atoms. The van der Waals surface area contributed by atoms with Gasteiger partial charge in [-0.25, -0.2) is 12.7 Å². The van der Waals surface area contributed by atoms with Crippen molar-refractivity contribution in [2.45, 2.75) is 31.6 Å². The summed E-state index contributed by atoms with van der Waals surface area (Å²) in [4.78, 5) is 11.2. The molecular formula is C9H16N2O4S. The first-order chi connectivity index (χ1) is 7.28. The van der Waals surface area contributed by atoms with Gasteiger partial charge in [0.05, 0.1) is 19.6 Å². The van der Waals surface area contributed by atoms with Gasteiger partial charge in [-0.3, -0.25) is 4.79 Å². The Hall–Kier alpha value is -1.13. The van der Waals surface area contributed by atoms with Crippen molar-refractivity contribution >= 4 is 16.0 Å². The van der Waals surface area contributed by atoms with Crippen molar-refractivity contribution in [3.8, 4) is 6.07 Å². The van der Waals surface area contributed by atoms with Gasteiger partial charge in [0, 0.05) is 13.1 Å². The van der Waals surface area contributed by atoms with Gasteiger partial charge in [-0.15, -0.1) is 0 Å². The quantitative estimate of drug-likeness (QED) is 0.644. The molecular weight excluding hydrogens is 232 g/mol. The van der Waals surface area contributed by atoms with Crippen LogP contribution in [0.3, 0.4) is 0 Å². The van der Waals surface area contributed by atoms with E-state index >= 15 is 0 Å². The van der Waals surface area contributed by atoms with Gasteiger partial charge in [0.1, 0.15) is 0 Å². The molecule has 0 fully saturated rings. The van der Waals surface area contributed by atoms with Crippen LogP contribution in [0.4, 0.5) is 0 Å². The van der Waals surface area contributed by atoms with Gasteiger partial charge in [-0.2, -0.15) is 5.26 Å². The fourth-order valence-corrected chi connectivity index (χ4v) is 2.46. The van der Waals surface area contributed by atoms with E-state index in [1.165, 1.54) is 14.0 Å². The summed E-state index contributed by atoms with van der Waals surface area (Å²) >= 11 is 0. The number of rotatable bonds is 5. The fourth-order valence-electron chi connectivity index (χ4n) is 1.05. The number of ether oxygens (including phenoxy) is 1. The molecule has 2 unspecified atom stereocenters. The molecule has 0 N–H and O–H groups in total. The summed E-state index contributed by atoms with van der Waals surface area (Å²) in [6.45, 7) is 2.86. The lowest BCUT2D eigenvalue weighted by atomic mass is 10.3. The number of hydrogen-bond donors (Lipinski definition) is 0. The van der Waals surface area contributed by atoms with E-state index in [9.17, 15) is 13.2 Å². The molecule has 7 heteroatoms. The molecule has 0 aromatic heterocycles. The number of carbonyl (C=O) groups excluding carboxylic acids is 1. The maximum absolute atomic E-state index is 11.9. The molecule has 0 aromatic rings. The van der Waals surface area contributed by atoms with Crippen LogP contribution in [0.5, 0.6) is 0 Å². The molecule has 0 aliphatic carbocycles. The van der Waals surface area contributed by atoms with Crippen LogP contribution in [0, 0.1) is 11.3 Å². The van der Waals surface area contributed by atoms with Crippen LogP contribution in [0.2, 0.25) is 0 Å². The van der Waals surface area contributed by atoms with Gasteiger partial charge in [0.15, 0.2) is 5.25 Å². The zero-order valence-electron chi connectivity index (χ0n) is 9.80. The van der Waals surface area contributed by atoms with E-state index in [1.807, 2.05) is 6.07 Å². The summed E-state index contributed by atoms with van der Waals surface area (Å²) in [6.07, 6.45) is 0.0730. The molecule has 0 rings (SSSR count). The summed E-state index contributed by atoms with van der Waals surface area (Å²) in [6, 6.07) is 1.41. The Morgan fingerprint density at radius 1 is 1.50 bits per heavy atom. The Morgan fingerprint density at radius 3 is 2.38 bits per heavy atom. The second-order valence-corrected chi connectivity index (χ2v) is 5.75. The van der Waals surface area contributed by atoms with E-state index in [4.69, 9.17) is 5.26 Å². The van der Waals surface area contributed by atoms with E-state index in [2.05, 4.69) is 4.74 Å². The lowest BCUT2D eigenvalue weighted by Gasteiger charge is -2.24. The molecule has 0 heterocycles. The molecule has 0 aromatic carbocycles. The van der Waals surface area contributed by atoms with Crippen LogP contribution in [-0.4, -0.2) is 44.1 Å². The van der Waals surface area contributed by atoms with E-state index < -0.39 is 27.3 Å². The van der Waals surface area contributed by atoms with E-state index in [0.717, 1.165) is 11.4 Å². The molecule has 6 nitrogen and oxygen atoms in total. The van der Waals surface area contributed by atoms with Crippen LogP contribution in [0.1, 0.15) is 20.3 Å². The molecule has 16 heavy (non-hydrogen) atoms. The van der Waals surface area contributed by atoms with Crippen molar-refractivity contribution < 1.29 is 17.9 Å². The first-order valence-electron chi connectivity index (χ1n) is 4.70. The molecule has 0 saturated carbocycles. The summed E-state index contributed by atoms with van der Waals surface area (Å²) in [7, 11) is -1.29. The predicted molar refractivity (Wildman–Crippen MR) is 57.9 cm³/mol. The van der Waals surface area contributed by atoms with Crippen LogP contribution < -0.4 is 0 Å². The van der Waals surface area contributed by atoms with Crippen molar-refractivity contribution in [2.24, 2.45) is 0 Å². The number of esters is 1. The number of carbonyl (C=O) groups is 1. The third kappa shape index (κ3) is 3.18. The van der Waals surface area contributed by atoms with E-state index in [1.54, 1.807) is 6.92 Å². The number of methoxy groups -OCH3 is 1. The molecule has 2 atom stereocenters.